The standard InChI is InChI=1S/C13H20N2O6/c1-17-3-4-19-5-6-20-7-8-21-12-10-14-11(9-15-12)13(16)18-2/h9-10H,3-8H2,1-2H3. The summed E-state index contributed by atoms with van der Waals surface area (Å²) in [6.07, 6.45) is 2.66. The van der Waals surface area contributed by atoms with Crippen molar-refractivity contribution in [1.29, 1.82) is 0 Å². The quantitative estimate of drug-likeness (QED) is 0.426. The van der Waals surface area contributed by atoms with E-state index in [2.05, 4.69) is 14.7 Å². The summed E-state index contributed by atoms with van der Waals surface area (Å²) < 4.78 is 25.2. The zero-order chi connectivity index (χ0) is 15.3. The molecule has 1 aromatic rings. The minimum atomic E-state index is -0.536. The highest BCUT2D eigenvalue weighted by Gasteiger charge is 2.07. The zero-order valence-corrected chi connectivity index (χ0v) is 12.2. The lowest BCUT2D eigenvalue weighted by molar-refractivity contribution is 0.0176. The summed E-state index contributed by atoms with van der Waals surface area (Å²) in [6.45, 7) is 2.87. The smallest absolute Gasteiger partial charge is 0.358 e. The van der Waals surface area contributed by atoms with E-state index in [0.717, 1.165) is 0 Å². The van der Waals surface area contributed by atoms with Crippen LogP contribution in [0.2, 0.25) is 0 Å². The van der Waals surface area contributed by atoms with Gasteiger partial charge < -0.3 is 23.7 Å². The fourth-order valence-electron chi connectivity index (χ4n) is 1.27. The van der Waals surface area contributed by atoms with Gasteiger partial charge in [0, 0.05) is 7.11 Å². The molecule has 0 aliphatic rings. The van der Waals surface area contributed by atoms with E-state index in [1.54, 1.807) is 7.11 Å². The van der Waals surface area contributed by atoms with Crippen molar-refractivity contribution in [2.24, 2.45) is 0 Å². The molecule has 0 aliphatic carbocycles. The Bertz CT molecular complexity index is 398. The van der Waals surface area contributed by atoms with Crippen LogP contribution in [0.3, 0.4) is 0 Å². The lowest BCUT2D eigenvalue weighted by Gasteiger charge is -2.07. The van der Waals surface area contributed by atoms with E-state index in [1.807, 2.05) is 0 Å². The third-order valence-electron chi connectivity index (χ3n) is 2.30. The molecule has 0 amide bonds. The molecule has 0 bridgehead atoms. The second-order valence-corrected chi connectivity index (χ2v) is 3.80. The van der Waals surface area contributed by atoms with Gasteiger partial charge in [-0.05, 0) is 0 Å². The Kier molecular flexibility index (Phi) is 9.01. The molecule has 0 spiro atoms. The second kappa shape index (κ2) is 11.0. The van der Waals surface area contributed by atoms with Gasteiger partial charge in [-0.3, -0.25) is 0 Å². The van der Waals surface area contributed by atoms with Crippen LogP contribution in [-0.2, 0) is 18.9 Å². The molecule has 0 aliphatic heterocycles. The zero-order valence-electron chi connectivity index (χ0n) is 12.2. The van der Waals surface area contributed by atoms with Crippen molar-refractivity contribution in [2.45, 2.75) is 0 Å². The lowest BCUT2D eigenvalue weighted by atomic mass is 10.4. The van der Waals surface area contributed by atoms with Crippen LogP contribution in [-0.4, -0.2) is 69.8 Å². The maximum atomic E-state index is 11.1. The minimum absolute atomic E-state index is 0.134. The summed E-state index contributed by atoms with van der Waals surface area (Å²) in [6, 6.07) is 0. The number of esters is 1. The molecule has 0 fully saturated rings. The molecule has 1 rings (SSSR count). The van der Waals surface area contributed by atoms with Crippen molar-refractivity contribution in [2.75, 3.05) is 53.9 Å². The number of rotatable bonds is 11. The van der Waals surface area contributed by atoms with Crippen LogP contribution in [0.5, 0.6) is 5.88 Å². The first kappa shape index (κ1) is 17.3. The summed E-state index contributed by atoms with van der Waals surface area (Å²) in [4.78, 5) is 19.0. The molecule has 0 radical (unpaired) electrons. The van der Waals surface area contributed by atoms with Crippen molar-refractivity contribution in [3.05, 3.63) is 18.1 Å². The Morgan fingerprint density at radius 3 is 2.19 bits per heavy atom. The molecule has 8 heteroatoms. The Morgan fingerprint density at radius 1 is 0.952 bits per heavy atom. The number of methoxy groups -OCH3 is 2. The number of ether oxygens (including phenoxy) is 5. The molecule has 21 heavy (non-hydrogen) atoms. The van der Waals surface area contributed by atoms with Gasteiger partial charge in [0.25, 0.3) is 0 Å². The number of carbonyl (C=O) groups is 1. The maximum absolute atomic E-state index is 11.1. The number of nitrogens with zero attached hydrogens (tertiary/aromatic N) is 2. The maximum Gasteiger partial charge on any atom is 0.358 e. The van der Waals surface area contributed by atoms with Crippen LogP contribution in [0.4, 0.5) is 0 Å². The minimum Gasteiger partial charge on any atom is -0.474 e. The first-order chi connectivity index (χ1) is 10.3. The number of hydrogen-bond donors (Lipinski definition) is 0. The Balaban J connectivity index is 2.06. The first-order valence-corrected chi connectivity index (χ1v) is 6.45. The molecular weight excluding hydrogens is 280 g/mol. The lowest BCUT2D eigenvalue weighted by Crippen LogP contribution is -2.13. The van der Waals surface area contributed by atoms with E-state index in [4.69, 9.17) is 18.9 Å². The van der Waals surface area contributed by atoms with Gasteiger partial charge in [-0.15, -0.1) is 0 Å². The average Bonchev–Trinajstić information content (AvgIpc) is 2.53. The summed E-state index contributed by atoms with van der Waals surface area (Å²) >= 11 is 0. The highest BCUT2D eigenvalue weighted by molar-refractivity contribution is 5.86. The summed E-state index contributed by atoms with van der Waals surface area (Å²) in [5.41, 5.74) is 0.134. The third kappa shape index (κ3) is 7.54. The van der Waals surface area contributed by atoms with Gasteiger partial charge >= 0.3 is 5.97 Å². The van der Waals surface area contributed by atoms with E-state index in [0.29, 0.717) is 45.5 Å². The predicted molar refractivity (Wildman–Crippen MR) is 72.4 cm³/mol. The van der Waals surface area contributed by atoms with E-state index in [-0.39, 0.29) is 5.69 Å². The topological polar surface area (TPSA) is 89.0 Å². The number of hydrogen-bond acceptors (Lipinski definition) is 8. The van der Waals surface area contributed by atoms with E-state index in [1.165, 1.54) is 19.5 Å². The van der Waals surface area contributed by atoms with Gasteiger partial charge in [0.1, 0.15) is 6.61 Å². The average molecular weight is 300 g/mol. The highest BCUT2D eigenvalue weighted by atomic mass is 16.6. The number of aromatic nitrogens is 2. The van der Waals surface area contributed by atoms with Crippen molar-refractivity contribution in [3.63, 3.8) is 0 Å². The van der Waals surface area contributed by atoms with Gasteiger partial charge in [0.05, 0.1) is 52.5 Å². The molecule has 0 aromatic carbocycles. The van der Waals surface area contributed by atoms with E-state index >= 15 is 0 Å². The van der Waals surface area contributed by atoms with Gasteiger partial charge in [0.15, 0.2) is 5.69 Å². The molecule has 0 unspecified atom stereocenters. The van der Waals surface area contributed by atoms with E-state index < -0.39 is 5.97 Å². The van der Waals surface area contributed by atoms with Gasteiger partial charge in [0.2, 0.25) is 5.88 Å². The van der Waals surface area contributed by atoms with Crippen LogP contribution in [0.15, 0.2) is 12.4 Å². The van der Waals surface area contributed by atoms with E-state index in [9.17, 15) is 4.79 Å². The van der Waals surface area contributed by atoms with Crippen molar-refractivity contribution >= 4 is 5.97 Å². The second-order valence-electron chi connectivity index (χ2n) is 3.80. The molecule has 118 valence electrons. The van der Waals surface area contributed by atoms with Crippen molar-refractivity contribution in [3.8, 4) is 5.88 Å². The molecule has 8 nitrogen and oxygen atoms in total. The number of carbonyl (C=O) groups excluding carboxylic acids is 1. The fraction of sp³-hybridized carbons (Fsp3) is 0.615. The van der Waals surface area contributed by atoms with Crippen LogP contribution in [0.1, 0.15) is 10.5 Å². The third-order valence-corrected chi connectivity index (χ3v) is 2.30. The van der Waals surface area contributed by atoms with Crippen LogP contribution in [0.25, 0.3) is 0 Å². The van der Waals surface area contributed by atoms with Gasteiger partial charge in [-0.25, -0.2) is 14.8 Å². The molecule has 1 heterocycles. The molecule has 0 saturated heterocycles. The Hall–Kier alpha value is -1.77. The van der Waals surface area contributed by atoms with Crippen LogP contribution < -0.4 is 4.74 Å². The Labute approximate surface area is 123 Å². The largest absolute Gasteiger partial charge is 0.474 e. The monoisotopic (exact) mass is 300 g/mol. The van der Waals surface area contributed by atoms with Gasteiger partial charge in [-0.1, -0.05) is 0 Å². The summed E-state index contributed by atoms with van der Waals surface area (Å²) in [5, 5.41) is 0. The van der Waals surface area contributed by atoms with Crippen molar-refractivity contribution < 1.29 is 28.5 Å². The molecular formula is C13H20N2O6. The summed E-state index contributed by atoms with van der Waals surface area (Å²) in [5.74, 6) is -0.214. The molecule has 0 saturated carbocycles. The SMILES string of the molecule is COCCOCCOCCOc1cnc(C(=O)OC)cn1. The van der Waals surface area contributed by atoms with Gasteiger partial charge in [-0.2, -0.15) is 0 Å². The fourth-order valence-corrected chi connectivity index (χ4v) is 1.27. The predicted octanol–water partition coefficient (Wildman–Crippen LogP) is 0.322. The molecule has 0 atom stereocenters. The first-order valence-electron chi connectivity index (χ1n) is 6.45. The summed E-state index contributed by atoms with van der Waals surface area (Å²) in [7, 11) is 2.91. The molecule has 0 N–H and O–H groups in total. The van der Waals surface area contributed by atoms with Crippen LogP contribution in [0, 0.1) is 0 Å². The van der Waals surface area contributed by atoms with Crippen LogP contribution >= 0.6 is 0 Å². The molecule has 1 aromatic heterocycles. The normalized spacial score (nSPS) is 10.4. The van der Waals surface area contributed by atoms with Crippen molar-refractivity contribution in [1.82, 2.24) is 9.97 Å². The highest BCUT2D eigenvalue weighted by Crippen LogP contribution is 2.04. The Morgan fingerprint density at radius 2 is 1.62 bits per heavy atom.